The van der Waals surface area contributed by atoms with Crippen LogP contribution < -0.4 is 20.1 Å². The van der Waals surface area contributed by atoms with Crippen molar-refractivity contribution in [2.75, 3.05) is 33.4 Å². The molecule has 2 N–H and O–H groups in total. The number of ether oxygens (including phenoxy) is 2. The Balaban J connectivity index is 1.36. The van der Waals surface area contributed by atoms with Crippen molar-refractivity contribution in [3.8, 4) is 28.7 Å². The van der Waals surface area contributed by atoms with Crippen molar-refractivity contribution in [1.29, 1.82) is 0 Å². The van der Waals surface area contributed by atoms with Gasteiger partial charge in [0.1, 0.15) is 30.8 Å². The van der Waals surface area contributed by atoms with Crippen molar-refractivity contribution in [2.45, 2.75) is 26.4 Å². The Morgan fingerprint density at radius 3 is 2.51 bits per heavy atom. The fourth-order valence-corrected chi connectivity index (χ4v) is 5.38. The van der Waals surface area contributed by atoms with E-state index in [0.29, 0.717) is 34.5 Å². The van der Waals surface area contributed by atoms with Crippen LogP contribution in [-0.2, 0) is 11.3 Å². The number of hydrogen-bond donors (Lipinski definition) is 2. The molecule has 0 saturated carbocycles. The van der Waals surface area contributed by atoms with Gasteiger partial charge >= 0.3 is 0 Å². The normalized spacial score (nSPS) is 15.8. The molecule has 1 aliphatic rings. The first kappa shape index (κ1) is 32.8. The summed E-state index contributed by atoms with van der Waals surface area (Å²) in [6, 6.07) is 18.9. The van der Waals surface area contributed by atoms with E-state index < -0.39 is 17.9 Å². The van der Waals surface area contributed by atoms with E-state index in [2.05, 4.69) is 25.8 Å². The van der Waals surface area contributed by atoms with Crippen LogP contribution in [0.4, 0.5) is 0 Å². The average molecular weight is 665 g/mol. The van der Waals surface area contributed by atoms with Crippen LogP contribution in [0.3, 0.4) is 0 Å². The van der Waals surface area contributed by atoms with Crippen molar-refractivity contribution in [2.24, 2.45) is 5.92 Å². The zero-order valence-electron chi connectivity index (χ0n) is 27.3. The van der Waals surface area contributed by atoms with Gasteiger partial charge in [-0.05, 0) is 36.2 Å². The summed E-state index contributed by atoms with van der Waals surface area (Å²) in [6.07, 6.45) is 2.94. The van der Waals surface area contributed by atoms with Gasteiger partial charge in [-0.15, -0.1) is 10.2 Å². The maximum atomic E-state index is 13.9. The number of aromatic nitrogens is 7. The molecule has 0 unspecified atom stereocenters. The molecule has 1 aliphatic heterocycles. The van der Waals surface area contributed by atoms with Crippen molar-refractivity contribution in [3.05, 3.63) is 96.5 Å². The summed E-state index contributed by atoms with van der Waals surface area (Å²) >= 11 is 0. The lowest BCUT2D eigenvalue weighted by Gasteiger charge is -2.26. The van der Waals surface area contributed by atoms with E-state index in [9.17, 15) is 14.4 Å². The Morgan fingerprint density at radius 2 is 1.76 bits per heavy atom. The summed E-state index contributed by atoms with van der Waals surface area (Å²) in [5.74, 6) is 0.927. The van der Waals surface area contributed by atoms with Crippen LogP contribution in [0.1, 0.15) is 46.6 Å². The molecular weight excluding hydrogens is 628 g/mol. The number of nitrogens with one attached hydrogen (secondary N) is 2. The van der Waals surface area contributed by atoms with Gasteiger partial charge < -0.3 is 25.0 Å². The lowest BCUT2D eigenvalue weighted by Crippen LogP contribution is -2.46. The van der Waals surface area contributed by atoms with Crippen molar-refractivity contribution >= 4 is 17.7 Å². The molecule has 3 aromatic heterocycles. The van der Waals surface area contributed by atoms with Crippen molar-refractivity contribution in [3.63, 3.8) is 0 Å². The van der Waals surface area contributed by atoms with Crippen LogP contribution in [-0.4, -0.2) is 90.5 Å². The maximum Gasteiger partial charge on any atom is 0.273 e. The Bertz CT molecular complexity index is 1930. The van der Waals surface area contributed by atoms with E-state index in [4.69, 9.17) is 19.6 Å². The van der Waals surface area contributed by atoms with E-state index in [1.807, 2.05) is 44.2 Å². The summed E-state index contributed by atoms with van der Waals surface area (Å²) < 4.78 is 14.9. The number of carbonyl (C=O) groups is 3. The number of nitrogens with zero attached hydrogens (tertiary/aromatic N) is 8. The van der Waals surface area contributed by atoms with E-state index in [-0.39, 0.29) is 50.3 Å². The van der Waals surface area contributed by atoms with E-state index >= 15 is 0 Å². The third-order valence-corrected chi connectivity index (χ3v) is 7.91. The number of carbonyl (C=O) groups excluding carboxylic acids is 3. The van der Waals surface area contributed by atoms with Crippen LogP contribution in [0.25, 0.3) is 17.2 Å². The molecular formula is C34H36N10O5. The first-order valence-electron chi connectivity index (χ1n) is 15.8. The zero-order chi connectivity index (χ0) is 34.3. The molecule has 3 amide bonds. The lowest BCUT2D eigenvalue weighted by atomic mass is 10.0. The highest BCUT2D eigenvalue weighted by Gasteiger charge is 2.28. The third kappa shape index (κ3) is 7.56. The molecule has 6 rings (SSSR count). The van der Waals surface area contributed by atoms with Gasteiger partial charge in [-0.2, -0.15) is 5.10 Å². The summed E-state index contributed by atoms with van der Waals surface area (Å²) in [5, 5.41) is 18.3. The molecule has 15 nitrogen and oxygen atoms in total. The minimum atomic E-state index is -0.558. The Morgan fingerprint density at radius 1 is 0.959 bits per heavy atom. The van der Waals surface area contributed by atoms with Crippen LogP contribution in [0.2, 0.25) is 0 Å². The lowest BCUT2D eigenvalue weighted by molar-refractivity contribution is -0.123. The predicted octanol–water partition coefficient (Wildman–Crippen LogP) is 2.71. The molecule has 0 radical (unpaired) electrons. The predicted molar refractivity (Wildman–Crippen MR) is 177 cm³/mol. The summed E-state index contributed by atoms with van der Waals surface area (Å²) in [7, 11) is 1.53. The Hall–Kier alpha value is -6.12. The van der Waals surface area contributed by atoms with Gasteiger partial charge in [-0.25, -0.2) is 14.6 Å². The first-order chi connectivity index (χ1) is 23.8. The standard InChI is InChI=1S/C34H36N10O5/c1-22(2)30-32-40-31(23-8-5-4-6-9-23)41-44(32)16-17-49-27-18-24(12-13-26(27)48-3)33(46)35-14-15-42(19-29(45)39-30)34(47)25-10-7-11-28(38-25)43-20-36-37-21-43/h4-13,18,20-22,30H,14-17,19H2,1-3H3,(H,35,46)(H,39,45)/t30-/m1/s1. The second-order valence-electron chi connectivity index (χ2n) is 11.6. The number of methoxy groups -OCH3 is 1. The van der Waals surface area contributed by atoms with Crippen LogP contribution in [0.15, 0.2) is 79.4 Å². The highest BCUT2D eigenvalue weighted by Crippen LogP contribution is 2.29. The monoisotopic (exact) mass is 664 g/mol. The van der Waals surface area contributed by atoms with Gasteiger partial charge in [0, 0.05) is 24.2 Å². The van der Waals surface area contributed by atoms with Gasteiger partial charge in [-0.1, -0.05) is 50.2 Å². The smallest absolute Gasteiger partial charge is 0.273 e. The molecule has 252 valence electrons. The minimum Gasteiger partial charge on any atom is -0.493 e. The second kappa shape index (κ2) is 14.8. The molecule has 0 spiro atoms. The molecule has 49 heavy (non-hydrogen) atoms. The van der Waals surface area contributed by atoms with Gasteiger partial charge in [0.2, 0.25) is 5.91 Å². The van der Waals surface area contributed by atoms with Gasteiger partial charge in [0.05, 0.1) is 26.2 Å². The molecule has 0 aliphatic carbocycles. The van der Waals surface area contributed by atoms with E-state index in [0.717, 1.165) is 5.56 Å². The largest absolute Gasteiger partial charge is 0.493 e. The van der Waals surface area contributed by atoms with Gasteiger partial charge in [-0.3, -0.25) is 19.0 Å². The Labute approximate surface area is 282 Å². The number of hydrogen-bond acceptors (Lipinski definition) is 10. The van der Waals surface area contributed by atoms with Crippen molar-refractivity contribution in [1.82, 2.24) is 50.0 Å². The van der Waals surface area contributed by atoms with Gasteiger partial charge in [0.15, 0.2) is 23.1 Å². The highest BCUT2D eigenvalue weighted by molar-refractivity contribution is 5.96. The molecule has 2 aromatic carbocycles. The topological polar surface area (TPSA) is 171 Å². The molecule has 4 heterocycles. The van der Waals surface area contributed by atoms with Crippen LogP contribution in [0, 0.1) is 5.92 Å². The van der Waals surface area contributed by atoms with Crippen LogP contribution >= 0.6 is 0 Å². The SMILES string of the molecule is COc1ccc2cc1OCCn1nc(-c3ccccc3)nc1[C@@H](C(C)C)NC(=O)CN(C(=O)c1cccc(-n3cnnc3)n1)CCNC2=O. The molecule has 2 bridgehead atoms. The third-order valence-electron chi connectivity index (χ3n) is 7.91. The number of amides is 3. The number of pyridine rings is 1. The molecule has 1 atom stereocenters. The van der Waals surface area contributed by atoms with E-state index in [1.165, 1.54) is 24.7 Å². The zero-order valence-corrected chi connectivity index (χ0v) is 27.3. The second-order valence-corrected chi connectivity index (χ2v) is 11.6. The Kier molecular flexibility index (Phi) is 9.88. The fourth-order valence-electron chi connectivity index (χ4n) is 5.38. The minimum absolute atomic E-state index is 0.0245. The number of benzene rings is 2. The average Bonchev–Trinajstić information content (AvgIpc) is 3.81. The molecule has 5 aromatic rings. The first-order valence-corrected chi connectivity index (χ1v) is 15.8. The molecule has 0 fully saturated rings. The summed E-state index contributed by atoms with van der Waals surface area (Å²) in [5.41, 5.74) is 1.27. The fraction of sp³-hybridized carbons (Fsp3) is 0.294. The summed E-state index contributed by atoms with van der Waals surface area (Å²) in [6.45, 7) is 4.19. The quantitative estimate of drug-likeness (QED) is 0.285. The van der Waals surface area contributed by atoms with Crippen molar-refractivity contribution < 1.29 is 23.9 Å². The van der Waals surface area contributed by atoms with E-state index in [1.54, 1.807) is 45.6 Å². The molecule has 0 saturated heterocycles. The van der Waals surface area contributed by atoms with Gasteiger partial charge in [0.25, 0.3) is 11.8 Å². The number of rotatable bonds is 5. The van der Waals surface area contributed by atoms with Crippen LogP contribution in [0.5, 0.6) is 11.5 Å². The molecule has 15 heteroatoms. The summed E-state index contributed by atoms with van der Waals surface area (Å²) in [4.78, 5) is 51.6. The highest BCUT2D eigenvalue weighted by atomic mass is 16.5. The maximum absolute atomic E-state index is 13.9. The number of fused-ring (bicyclic) bond motifs is 3.